The summed E-state index contributed by atoms with van der Waals surface area (Å²) in [4.78, 5) is 0. The van der Waals surface area contributed by atoms with E-state index < -0.39 is 0 Å². The molecule has 0 bridgehead atoms. The Bertz CT molecular complexity index is 164. The van der Waals surface area contributed by atoms with Crippen LogP contribution in [0.3, 0.4) is 0 Å². The molecule has 15 heavy (non-hydrogen) atoms. The summed E-state index contributed by atoms with van der Waals surface area (Å²) >= 11 is 0. The average molecular weight is 211 g/mol. The van der Waals surface area contributed by atoms with Crippen LogP contribution >= 0.6 is 0 Å². The molecule has 0 amide bonds. The molecule has 0 unspecified atom stereocenters. The molecule has 2 fully saturated rings. The third kappa shape index (κ3) is 3.19. The SMILES string of the molecule is FCCC1CCC([C]2CCCCC2)CC1. The van der Waals surface area contributed by atoms with Crippen molar-refractivity contribution in [3.05, 3.63) is 5.92 Å². The molecule has 1 heteroatoms. The summed E-state index contributed by atoms with van der Waals surface area (Å²) in [5, 5.41) is 0. The number of hydrogen-bond acceptors (Lipinski definition) is 0. The van der Waals surface area contributed by atoms with Crippen molar-refractivity contribution in [1.29, 1.82) is 0 Å². The van der Waals surface area contributed by atoms with Gasteiger partial charge in [-0.25, -0.2) is 0 Å². The fourth-order valence-electron chi connectivity index (χ4n) is 3.43. The summed E-state index contributed by atoms with van der Waals surface area (Å²) < 4.78 is 12.2. The van der Waals surface area contributed by atoms with Gasteiger partial charge in [0, 0.05) is 0 Å². The molecular weight excluding hydrogens is 187 g/mol. The van der Waals surface area contributed by atoms with Crippen molar-refractivity contribution in [1.82, 2.24) is 0 Å². The summed E-state index contributed by atoms with van der Waals surface area (Å²) in [7, 11) is 0. The standard InChI is InChI=1S/C14H24F/c15-11-10-12-6-8-14(9-7-12)13-4-2-1-3-5-13/h12,14H,1-11H2. The molecule has 0 spiro atoms. The van der Waals surface area contributed by atoms with E-state index in [-0.39, 0.29) is 6.67 Å². The van der Waals surface area contributed by atoms with E-state index in [0.717, 1.165) is 12.3 Å². The van der Waals surface area contributed by atoms with E-state index in [1.165, 1.54) is 57.8 Å². The molecule has 2 rings (SSSR count). The zero-order valence-electron chi connectivity index (χ0n) is 9.81. The largest absolute Gasteiger partial charge is 0.251 e. The first-order chi connectivity index (χ1) is 7.40. The fourth-order valence-corrected chi connectivity index (χ4v) is 3.43. The lowest BCUT2D eigenvalue weighted by atomic mass is 9.70. The Morgan fingerprint density at radius 2 is 1.60 bits per heavy atom. The Balaban J connectivity index is 1.72. The fraction of sp³-hybridized carbons (Fsp3) is 0.929. The Labute approximate surface area is 93.6 Å². The first kappa shape index (κ1) is 11.4. The first-order valence-electron chi connectivity index (χ1n) is 6.80. The maximum atomic E-state index is 12.2. The van der Waals surface area contributed by atoms with Gasteiger partial charge in [0.15, 0.2) is 0 Å². The number of halogens is 1. The number of hydrogen-bond donors (Lipinski definition) is 0. The molecule has 0 aliphatic heterocycles. The van der Waals surface area contributed by atoms with Gasteiger partial charge < -0.3 is 0 Å². The molecule has 2 saturated carbocycles. The molecule has 0 aromatic heterocycles. The highest BCUT2D eigenvalue weighted by atomic mass is 19.1. The normalized spacial score (nSPS) is 34.2. The molecule has 0 atom stereocenters. The van der Waals surface area contributed by atoms with E-state index in [1.54, 1.807) is 0 Å². The minimum absolute atomic E-state index is 0.105. The van der Waals surface area contributed by atoms with Gasteiger partial charge in [-0.15, -0.1) is 0 Å². The van der Waals surface area contributed by atoms with Crippen LogP contribution in [0.15, 0.2) is 0 Å². The van der Waals surface area contributed by atoms with Gasteiger partial charge in [-0.1, -0.05) is 32.1 Å². The second-order valence-corrected chi connectivity index (χ2v) is 5.41. The predicted octanol–water partition coefficient (Wildman–Crippen LogP) is 4.69. The van der Waals surface area contributed by atoms with Crippen LogP contribution in [0.5, 0.6) is 0 Å². The number of alkyl halides is 1. The van der Waals surface area contributed by atoms with Crippen molar-refractivity contribution in [2.75, 3.05) is 6.67 Å². The maximum Gasteiger partial charge on any atom is 0.0897 e. The smallest absolute Gasteiger partial charge is 0.0897 e. The Kier molecular flexibility index (Phi) is 4.46. The lowest BCUT2D eigenvalue weighted by Gasteiger charge is -2.35. The molecular formula is C14H24F. The van der Waals surface area contributed by atoms with Crippen LogP contribution < -0.4 is 0 Å². The zero-order valence-corrected chi connectivity index (χ0v) is 9.81. The molecule has 0 N–H and O–H groups in total. The zero-order chi connectivity index (χ0) is 10.5. The Hall–Kier alpha value is -0.0700. The summed E-state index contributed by atoms with van der Waals surface area (Å²) in [5.74, 6) is 3.48. The maximum absolute atomic E-state index is 12.2. The molecule has 0 aromatic carbocycles. The van der Waals surface area contributed by atoms with Crippen LogP contribution in [0.2, 0.25) is 0 Å². The lowest BCUT2D eigenvalue weighted by Crippen LogP contribution is -2.22. The molecule has 87 valence electrons. The topological polar surface area (TPSA) is 0 Å². The van der Waals surface area contributed by atoms with Crippen LogP contribution in [0.25, 0.3) is 0 Å². The Morgan fingerprint density at radius 1 is 0.933 bits per heavy atom. The first-order valence-corrected chi connectivity index (χ1v) is 6.80. The van der Waals surface area contributed by atoms with Crippen molar-refractivity contribution in [3.63, 3.8) is 0 Å². The van der Waals surface area contributed by atoms with Crippen LogP contribution in [0.1, 0.15) is 64.2 Å². The minimum atomic E-state index is -0.105. The monoisotopic (exact) mass is 211 g/mol. The van der Waals surface area contributed by atoms with Gasteiger partial charge in [-0.2, -0.15) is 0 Å². The minimum Gasteiger partial charge on any atom is -0.251 e. The molecule has 1 radical (unpaired) electrons. The van der Waals surface area contributed by atoms with Gasteiger partial charge in [0.2, 0.25) is 0 Å². The van der Waals surface area contributed by atoms with Crippen molar-refractivity contribution in [2.24, 2.45) is 11.8 Å². The van der Waals surface area contributed by atoms with Crippen molar-refractivity contribution >= 4 is 0 Å². The van der Waals surface area contributed by atoms with Gasteiger partial charge in [0.25, 0.3) is 0 Å². The number of rotatable bonds is 3. The van der Waals surface area contributed by atoms with E-state index in [4.69, 9.17) is 0 Å². The van der Waals surface area contributed by atoms with Crippen molar-refractivity contribution in [3.8, 4) is 0 Å². The summed E-state index contributed by atoms with van der Waals surface area (Å²) in [6.45, 7) is -0.105. The van der Waals surface area contributed by atoms with Crippen LogP contribution in [-0.4, -0.2) is 6.67 Å². The van der Waals surface area contributed by atoms with Gasteiger partial charge in [-0.3, -0.25) is 4.39 Å². The lowest BCUT2D eigenvalue weighted by molar-refractivity contribution is 0.237. The quantitative estimate of drug-likeness (QED) is 0.635. The van der Waals surface area contributed by atoms with E-state index in [0.29, 0.717) is 5.92 Å². The molecule has 0 heterocycles. The highest BCUT2D eigenvalue weighted by Crippen LogP contribution is 2.41. The van der Waals surface area contributed by atoms with Crippen molar-refractivity contribution in [2.45, 2.75) is 64.2 Å². The Morgan fingerprint density at radius 3 is 2.20 bits per heavy atom. The highest BCUT2D eigenvalue weighted by Gasteiger charge is 2.28. The second kappa shape index (κ2) is 5.86. The summed E-state index contributed by atoms with van der Waals surface area (Å²) in [6.07, 6.45) is 13.2. The highest BCUT2D eigenvalue weighted by molar-refractivity contribution is 4.99. The van der Waals surface area contributed by atoms with Gasteiger partial charge in [-0.05, 0) is 49.9 Å². The average Bonchev–Trinajstić information content (AvgIpc) is 2.32. The third-order valence-electron chi connectivity index (χ3n) is 4.44. The second-order valence-electron chi connectivity index (χ2n) is 5.41. The third-order valence-corrected chi connectivity index (χ3v) is 4.44. The molecule has 0 aromatic rings. The van der Waals surface area contributed by atoms with Crippen molar-refractivity contribution < 1.29 is 4.39 Å². The van der Waals surface area contributed by atoms with Gasteiger partial charge in [0.1, 0.15) is 0 Å². The molecule has 2 aliphatic rings. The van der Waals surface area contributed by atoms with Crippen LogP contribution in [0.4, 0.5) is 4.39 Å². The van der Waals surface area contributed by atoms with E-state index in [2.05, 4.69) is 0 Å². The van der Waals surface area contributed by atoms with Crippen LogP contribution in [-0.2, 0) is 0 Å². The van der Waals surface area contributed by atoms with Gasteiger partial charge in [0.05, 0.1) is 6.67 Å². The van der Waals surface area contributed by atoms with E-state index >= 15 is 0 Å². The molecule has 0 nitrogen and oxygen atoms in total. The van der Waals surface area contributed by atoms with E-state index in [9.17, 15) is 4.39 Å². The van der Waals surface area contributed by atoms with E-state index in [1.807, 2.05) is 5.92 Å². The summed E-state index contributed by atoms with van der Waals surface area (Å²) in [5.41, 5.74) is 0. The predicted molar refractivity (Wildman–Crippen MR) is 62.4 cm³/mol. The molecule has 2 aliphatic carbocycles. The molecule has 0 saturated heterocycles. The summed E-state index contributed by atoms with van der Waals surface area (Å²) in [6, 6.07) is 0. The van der Waals surface area contributed by atoms with Crippen LogP contribution in [0, 0.1) is 17.8 Å². The van der Waals surface area contributed by atoms with Gasteiger partial charge >= 0.3 is 0 Å².